The summed E-state index contributed by atoms with van der Waals surface area (Å²) in [4.78, 5) is 11.9. The van der Waals surface area contributed by atoms with E-state index < -0.39 is 15.8 Å². The Hall–Kier alpha value is -2.40. The van der Waals surface area contributed by atoms with Gasteiger partial charge in [0.1, 0.15) is 0 Å². The lowest BCUT2D eigenvalue weighted by molar-refractivity contribution is -0.130. The molecule has 1 N–H and O–H groups in total. The second-order valence-corrected chi connectivity index (χ2v) is 7.38. The molecular weight excluding hydrogens is 312 g/mol. The van der Waals surface area contributed by atoms with Crippen molar-refractivity contribution < 1.29 is 18.3 Å². The molecule has 0 heterocycles. The van der Waals surface area contributed by atoms with Gasteiger partial charge < -0.3 is 5.11 Å². The third kappa shape index (κ3) is 3.68. The lowest BCUT2D eigenvalue weighted by Gasteiger charge is -2.10. The predicted octanol–water partition coefficient (Wildman–Crippen LogP) is 3.50. The van der Waals surface area contributed by atoms with E-state index in [0.29, 0.717) is 16.7 Å². The second-order valence-electron chi connectivity index (χ2n) is 5.10. The van der Waals surface area contributed by atoms with E-state index in [4.69, 9.17) is 0 Å². The molecule has 0 bridgehead atoms. The average Bonchev–Trinajstić information content (AvgIpc) is 2.55. The molecule has 0 radical (unpaired) electrons. The summed E-state index contributed by atoms with van der Waals surface area (Å²) in [5.41, 5.74) is 1.86. The van der Waals surface area contributed by atoms with E-state index in [2.05, 4.69) is 0 Å². The third-order valence-electron chi connectivity index (χ3n) is 3.66. The molecule has 23 heavy (non-hydrogen) atoms. The lowest BCUT2D eigenvalue weighted by Crippen LogP contribution is -2.05. The largest absolute Gasteiger partial charge is 0.478 e. The fourth-order valence-electron chi connectivity index (χ4n) is 2.34. The molecule has 0 aliphatic carbocycles. The Bertz CT molecular complexity index is 850. The van der Waals surface area contributed by atoms with Crippen LogP contribution in [0.15, 0.2) is 59.5 Å². The van der Waals surface area contributed by atoms with Crippen LogP contribution in [0.5, 0.6) is 0 Å². The Morgan fingerprint density at radius 3 is 2.17 bits per heavy atom. The molecule has 0 spiro atoms. The Morgan fingerprint density at radius 1 is 1.00 bits per heavy atom. The van der Waals surface area contributed by atoms with Gasteiger partial charge in [0, 0.05) is 0 Å². The van der Waals surface area contributed by atoms with E-state index in [1.54, 1.807) is 50.2 Å². The number of sulfone groups is 1. The molecule has 0 aliphatic rings. The van der Waals surface area contributed by atoms with Gasteiger partial charge in [0.25, 0.3) is 0 Å². The number of carbonyl (C=O) groups is 1. The molecule has 0 amide bonds. The Morgan fingerprint density at radius 2 is 1.61 bits per heavy atom. The maximum Gasteiger partial charge on any atom is 0.336 e. The zero-order valence-corrected chi connectivity index (χ0v) is 13.8. The van der Waals surface area contributed by atoms with Crippen LogP contribution in [0.2, 0.25) is 0 Å². The minimum atomic E-state index is -3.33. The first-order valence-electron chi connectivity index (χ1n) is 7.19. The highest BCUT2D eigenvalue weighted by Crippen LogP contribution is 2.27. The molecule has 2 rings (SSSR count). The first kappa shape index (κ1) is 17.0. The van der Waals surface area contributed by atoms with Gasteiger partial charge in [0.15, 0.2) is 9.84 Å². The summed E-state index contributed by atoms with van der Waals surface area (Å²) in [6.45, 7) is 3.27. The molecule has 0 saturated heterocycles. The van der Waals surface area contributed by atoms with Crippen molar-refractivity contribution in [1.82, 2.24) is 0 Å². The molecule has 2 aromatic carbocycles. The van der Waals surface area contributed by atoms with E-state index >= 15 is 0 Å². The van der Waals surface area contributed by atoms with Crippen molar-refractivity contribution in [2.75, 3.05) is 5.75 Å². The van der Waals surface area contributed by atoms with Gasteiger partial charge in [0.05, 0.1) is 16.2 Å². The molecule has 2 aromatic rings. The van der Waals surface area contributed by atoms with E-state index in [1.807, 2.05) is 6.07 Å². The van der Waals surface area contributed by atoms with Gasteiger partial charge in [-0.1, -0.05) is 49.4 Å². The minimum absolute atomic E-state index is 0.00366. The Labute approximate surface area is 136 Å². The van der Waals surface area contributed by atoms with Crippen molar-refractivity contribution in [2.45, 2.75) is 18.7 Å². The SMILES string of the molecule is CCS(=O)(=O)c1cccc(C(C)=C(C(=O)O)c2ccccc2)c1. The molecule has 0 atom stereocenters. The predicted molar refractivity (Wildman–Crippen MR) is 90.7 cm³/mol. The van der Waals surface area contributed by atoms with E-state index in [-0.39, 0.29) is 16.2 Å². The van der Waals surface area contributed by atoms with Crippen LogP contribution >= 0.6 is 0 Å². The number of hydrogen-bond acceptors (Lipinski definition) is 3. The number of hydrogen-bond donors (Lipinski definition) is 1. The zero-order chi connectivity index (χ0) is 17.0. The van der Waals surface area contributed by atoms with Crippen LogP contribution in [0.1, 0.15) is 25.0 Å². The van der Waals surface area contributed by atoms with Gasteiger partial charge >= 0.3 is 5.97 Å². The monoisotopic (exact) mass is 330 g/mol. The van der Waals surface area contributed by atoms with Crippen LogP contribution in [-0.4, -0.2) is 25.2 Å². The molecule has 0 aliphatic heterocycles. The summed E-state index contributed by atoms with van der Waals surface area (Å²) in [5.74, 6) is -1.04. The molecule has 5 heteroatoms. The van der Waals surface area contributed by atoms with Crippen molar-refractivity contribution in [3.63, 3.8) is 0 Å². The maximum atomic E-state index is 12.0. The van der Waals surface area contributed by atoms with Crippen LogP contribution in [0.4, 0.5) is 0 Å². The van der Waals surface area contributed by atoms with Crippen molar-refractivity contribution in [3.8, 4) is 0 Å². The molecular formula is C18H18O4S. The van der Waals surface area contributed by atoms with E-state index in [1.165, 1.54) is 12.1 Å². The van der Waals surface area contributed by atoms with Crippen LogP contribution in [0.3, 0.4) is 0 Å². The standard InChI is InChI=1S/C18H18O4S/c1-3-23(21,22)16-11-7-10-15(12-16)13(2)17(18(19)20)14-8-5-4-6-9-14/h4-12H,3H2,1-2H3,(H,19,20). The number of rotatable bonds is 5. The van der Waals surface area contributed by atoms with Crippen LogP contribution in [-0.2, 0) is 14.6 Å². The first-order valence-corrected chi connectivity index (χ1v) is 8.85. The first-order chi connectivity index (χ1) is 10.9. The third-order valence-corrected chi connectivity index (χ3v) is 5.39. The number of allylic oxidation sites excluding steroid dienone is 1. The van der Waals surface area contributed by atoms with Crippen LogP contribution in [0.25, 0.3) is 11.1 Å². The van der Waals surface area contributed by atoms with Gasteiger partial charge in [-0.3, -0.25) is 0 Å². The summed E-state index contributed by atoms with van der Waals surface area (Å²) < 4.78 is 24.0. The molecule has 0 fully saturated rings. The smallest absolute Gasteiger partial charge is 0.336 e. The van der Waals surface area contributed by atoms with Gasteiger partial charge in [-0.05, 0) is 35.8 Å². The quantitative estimate of drug-likeness (QED) is 0.673. The fraction of sp³-hybridized carbons (Fsp3) is 0.167. The summed E-state index contributed by atoms with van der Waals surface area (Å²) in [7, 11) is -3.33. The van der Waals surface area contributed by atoms with Gasteiger partial charge in [0.2, 0.25) is 0 Å². The Balaban J connectivity index is 2.63. The number of carboxylic acid groups (broad SMARTS) is 1. The van der Waals surface area contributed by atoms with Crippen molar-refractivity contribution in [3.05, 3.63) is 65.7 Å². The summed E-state index contributed by atoms with van der Waals surface area (Å²) >= 11 is 0. The van der Waals surface area contributed by atoms with Gasteiger partial charge in [-0.2, -0.15) is 0 Å². The normalized spacial score (nSPS) is 12.6. The van der Waals surface area contributed by atoms with Crippen molar-refractivity contribution >= 4 is 27.0 Å². The van der Waals surface area contributed by atoms with Crippen molar-refractivity contribution in [2.24, 2.45) is 0 Å². The number of aliphatic carboxylic acids is 1. The Kier molecular flexibility index (Phi) is 5.01. The van der Waals surface area contributed by atoms with Crippen LogP contribution < -0.4 is 0 Å². The number of benzene rings is 2. The second kappa shape index (κ2) is 6.79. The summed E-state index contributed by atoms with van der Waals surface area (Å²) in [6, 6.07) is 15.2. The summed E-state index contributed by atoms with van der Waals surface area (Å²) in [6.07, 6.45) is 0. The summed E-state index contributed by atoms with van der Waals surface area (Å²) in [5, 5.41) is 9.56. The molecule has 4 nitrogen and oxygen atoms in total. The highest BCUT2D eigenvalue weighted by atomic mass is 32.2. The molecule has 0 unspecified atom stereocenters. The molecule has 0 aromatic heterocycles. The lowest BCUT2D eigenvalue weighted by atomic mass is 9.96. The molecule has 120 valence electrons. The highest BCUT2D eigenvalue weighted by Gasteiger charge is 2.17. The topological polar surface area (TPSA) is 71.4 Å². The van der Waals surface area contributed by atoms with Crippen molar-refractivity contribution in [1.29, 1.82) is 0 Å². The zero-order valence-electron chi connectivity index (χ0n) is 13.0. The van der Waals surface area contributed by atoms with E-state index in [0.717, 1.165) is 0 Å². The maximum absolute atomic E-state index is 12.0. The number of carboxylic acids is 1. The van der Waals surface area contributed by atoms with Gasteiger partial charge in [-0.15, -0.1) is 0 Å². The fourth-order valence-corrected chi connectivity index (χ4v) is 3.26. The molecule has 0 saturated carbocycles. The van der Waals surface area contributed by atoms with Crippen LogP contribution in [0, 0.1) is 0 Å². The van der Waals surface area contributed by atoms with E-state index in [9.17, 15) is 18.3 Å². The average molecular weight is 330 g/mol. The van der Waals surface area contributed by atoms with Gasteiger partial charge in [-0.25, -0.2) is 13.2 Å². The highest BCUT2D eigenvalue weighted by molar-refractivity contribution is 7.91. The minimum Gasteiger partial charge on any atom is -0.478 e.